The molecule has 32 heavy (non-hydrogen) atoms. The molecule has 1 atom stereocenters. The molecule has 6 N–H and O–H groups in total. The van der Waals surface area contributed by atoms with Crippen molar-refractivity contribution in [3.8, 4) is 5.75 Å². The van der Waals surface area contributed by atoms with Crippen molar-refractivity contribution in [1.82, 2.24) is 10.6 Å². The summed E-state index contributed by atoms with van der Waals surface area (Å²) in [5.74, 6) is 0.331. The molecule has 0 aliphatic heterocycles. The van der Waals surface area contributed by atoms with Crippen LogP contribution in [-0.2, 0) is 9.73 Å². The van der Waals surface area contributed by atoms with Crippen molar-refractivity contribution in [2.45, 2.75) is 17.7 Å². The van der Waals surface area contributed by atoms with E-state index in [1.807, 2.05) is 0 Å². The summed E-state index contributed by atoms with van der Waals surface area (Å²) in [5, 5.41) is 5.54. The third-order valence-corrected chi connectivity index (χ3v) is 6.24. The van der Waals surface area contributed by atoms with Gasteiger partial charge in [0.05, 0.1) is 25.7 Å². The standard InChI is InChI=1S/C20H28BrClN6O3S/c1-4-9-26-20(29)28-32(3,30)18-8-7-15(23)12-17(18)31-11-6-5-10-25-14(2)16(21)13-27-19(22)24/h4,7-8,12-13,25H,1-2,5-6,9-11,23H2,3H3,(H2,24,27)(H,26,29)/b16-13+. The highest BCUT2D eigenvalue weighted by Gasteiger charge is 2.16. The average molecular weight is 548 g/mol. The number of nitrogens with one attached hydrogen (secondary N) is 2. The van der Waals surface area contributed by atoms with Crippen LogP contribution >= 0.6 is 27.5 Å². The van der Waals surface area contributed by atoms with E-state index >= 15 is 0 Å². The van der Waals surface area contributed by atoms with Crippen molar-refractivity contribution >= 4 is 54.3 Å². The van der Waals surface area contributed by atoms with Crippen molar-refractivity contribution in [3.63, 3.8) is 0 Å². The molecule has 0 aliphatic rings. The number of nitrogens with zero attached hydrogens (tertiary/aromatic N) is 2. The fourth-order valence-corrected chi connectivity index (χ4v) is 3.86. The largest absolute Gasteiger partial charge is 0.492 e. The second kappa shape index (κ2) is 13.8. The number of carbonyl (C=O) groups is 1. The van der Waals surface area contributed by atoms with Crippen LogP contribution < -0.4 is 26.8 Å². The number of halogens is 2. The van der Waals surface area contributed by atoms with Gasteiger partial charge in [0.1, 0.15) is 5.75 Å². The summed E-state index contributed by atoms with van der Waals surface area (Å²) in [5.41, 5.74) is 12.2. The maximum absolute atomic E-state index is 13.0. The molecule has 0 spiro atoms. The molecule has 176 valence electrons. The van der Waals surface area contributed by atoms with Crippen molar-refractivity contribution < 1.29 is 13.7 Å². The van der Waals surface area contributed by atoms with Gasteiger partial charge in [-0.05, 0) is 52.5 Å². The monoisotopic (exact) mass is 546 g/mol. The van der Waals surface area contributed by atoms with Crippen LogP contribution in [0.2, 0.25) is 0 Å². The smallest absolute Gasteiger partial charge is 0.349 e. The number of hydrogen-bond acceptors (Lipinski definition) is 6. The Bertz CT molecular complexity index is 1010. The Morgan fingerprint density at radius 1 is 1.38 bits per heavy atom. The first kappa shape index (κ1) is 27.5. The van der Waals surface area contributed by atoms with Gasteiger partial charge in [0, 0.05) is 43.0 Å². The van der Waals surface area contributed by atoms with Crippen LogP contribution in [0.15, 0.2) is 68.1 Å². The molecule has 0 bridgehead atoms. The Morgan fingerprint density at radius 2 is 2.09 bits per heavy atom. The summed E-state index contributed by atoms with van der Waals surface area (Å²) < 4.78 is 23.2. The number of carbonyl (C=O) groups excluding carboxylic acids is 1. The summed E-state index contributed by atoms with van der Waals surface area (Å²) in [6.45, 7) is 8.61. The van der Waals surface area contributed by atoms with Gasteiger partial charge < -0.3 is 26.8 Å². The number of benzene rings is 1. The number of aliphatic imine (C=N–C) groups is 1. The number of allylic oxidation sites excluding steroid dienone is 1. The third-order valence-electron chi connectivity index (χ3n) is 3.79. The van der Waals surface area contributed by atoms with Crippen molar-refractivity contribution in [3.05, 3.63) is 53.8 Å². The molecule has 0 saturated heterocycles. The Kier molecular flexibility index (Phi) is 11.9. The molecule has 9 nitrogen and oxygen atoms in total. The van der Waals surface area contributed by atoms with Gasteiger partial charge in [-0.3, -0.25) is 0 Å². The van der Waals surface area contributed by atoms with Crippen LogP contribution in [0.25, 0.3) is 0 Å². The van der Waals surface area contributed by atoms with E-state index in [1.165, 1.54) is 18.5 Å². The van der Waals surface area contributed by atoms with Gasteiger partial charge in [-0.2, -0.15) is 0 Å². The minimum atomic E-state index is -3.03. The molecule has 1 unspecified atom stereocenters. The maximum Gasteiger partial charge on any atom is 0.349 e. The van der Waals surface area contributed by atoms with E-state index in [-0.39, 0.29) is 11.8 Å². The van der Waals surface area contributed by atoms with Gasteiger partial charge in [0.2, 0.25) is 0 Å². The zero-order valence-corrected chi connectivity index (χ0v) is 20.9. The lowest BCUT2D eigenvalue weighted by Gasteiger charge is -2.14. The number of ether oxygens (including phenoxy) is 1. The SMILES string of the molecule is C=CCNC(=O)N=S(C)(=O)c1ccc(N)cc1OCCCCNC(=C)/C(Br)=C\N=C(N)Cl. The fourth-order valence-electron chi connectivity index (χ4n) is 2.28. The summed E-state index contributed by atoms with van der Waals surface area (Å²) in [6, 6.07) is 4.03. The molecule has 0 aromatic heterocycles. The summed E-state index contributed by atoms with van der Waals surface area (Å²) >= 11 is 8.80. The molecule has 0 fully saturated rings. The molecule has 2 amide bonds. The topological polar surface area (TPSA) is 144 Å². The van der Waals surface area contributed by atoms with Crippen molar-refractivity contribution in [2.75, 3.05) is 31.7 Å². The molecular weight excluding hydrogens is 520 g/mol. The van der Waals surface area contributed by atoms with E-state index in [2.05, 4.69) is 49.1 Å². The summed E-state index contributed by atoms with van der Waals surface area (Å²) in [6.07, 6.45) is 5.80. The van der Waals surface area contributed by atoms with Crippen LogP contribution in [-0.4, -0.2) is 41.5 Å². The van der Waals surface area contributed by atoms with Crippen LogP contribution in [0.1, 0.15) is 12.8 Å². The normalized spacial score (nSPS) is 13.6. The number of nitrogen functional groups attached to an aromatic ring is 1. The molecule has 12 heteroatoms. The van der Waals surface area contributed by atoms with Gasteiger partial charge in [-0.15, -0.1) is 10.9 Å². The van der Waals surface area contributed by atoms with Crippen molar-refractivity contribution in [2.24, 2.45) is 15.1 Å². The van der Waals surface area contributed by atoms with Crippen molar-refractivity contribution in [1.29, 1.82) is 0 Å². The number of unbranched alkanes of at least 4 members (excludes halogenated alkanes) is 1. The average Bonchev–Trinajstić information content (AvgIpc) is 2.72. The number of nitrogens with two attached hydrogens (primary N) is 2. The maximum atomic E-state index is 13.0. The first-order valence-electron chi connectivity index (χ1n) is 9.47. The zero-order valence-electron chi connectivity index (χ0n) is 17.8. The number of amides is 2. The Balaban J connectivity index is 2.67. The highest BCUT2D eigenvalue weighted by Crippen LogP contribution is 2.28. The first-order chi connectivity index (χ1) is 15.1. The minimum absolute atomic E-state index is 0.0750. The van der Waals surface area contributed by atoms with Crippen LogP contribution in [0.4, 0.5) is 10.5 Å². The second-order valence-corrected chi connectivity index (χ2v) is 9.93. The van der Waals surface area contributed by atoms with Gasteiger partial charge in [0.25, 0.3) is 0 Å². The van der Waals surface area contributed by atoms with Crippen LogP contribution in [0, 0.1) is 0 Å². The summed E-state index contributed by atoms with van der Waals surface area (Å²) in [7, 11) is -3.03. The lowest BCUT2D eigenvalue weighted by molar-refractivity contribution is 0.250. The van der Waals surface area contributed by atoms with E-state index in [1.54, 1.807) is 18.2 Å². The third kappa shape index (κ3) is 10.2. The van der Waals surface area contributed by atoms with Gasteiger partial charge in [0.15, 0.2) is 5.29 Å². The van der Waals surface area contributed by atoms with E-state index in [4.69, 9.17) is 27.8 Å². The minimum Gasteiger partial charge on any atom is -0.492 e. The Labute approximate surface area is 202 Å². The number of urea groups is 1. The molecule has 0 heterocycles. The van der Waals surface area contributed by atoms with E-state index < -0.39 is 15.8 Å². The predicted octanol–water partition coefficient (Wildman–Crippen LogP) is 3.67. The highest BCUT2D eigenvalue weighted by atomic mass is 79.9. The summed E-state index contributed by atoms with van der Waals surface area (Å²) in [4.78, 5) is 15.9. The lowest BCUT2D eigenvalue weighted by Crippen LogP contribution is -2.21. The fraction of sp³-hybridized carbons (Fsp3) is 0.300. The molecular formula is C20H28BrClN6O3S. The predicted molar refractivity (Wildman–Crippen MR) is 136 cm³/mol. The van der Waals surface area contributed by atoms with E-state index in [0.29, 0.717) is 46.1 Å². The number of rotatable bonds is 12. The van der Waals surface area contributed by atoms with Crippen LogP contribution in [0.3, 0.4) is 0 Å². The first-order valence-corrected chi connectivity index (χ1v) is 12.6. The second-order valence-electron chi connectivity index (χ2n) is 6.46. The van der Waals surface area contributed by atoms with E-state index in [9.17, 15) is 9.00 Å². The Morgan fingerprint density at radius 3 is 2.75 bits per heavy atom. The molecule has 0 saturated carbocycles. The number of amidine groups is 1. The zero-order chi connectivity index (χ0) is 24.1. The molecule has 0 radical (unpaired) electrons. The number of anilines is 1. The van der Waals surface area contributed by atoms with Gasteiger partial charge in [-0.1, -0.05) is 12.7 Å². The molecule has 1 rings (SSSR count). The lowest BCUT2D eigenvalue weighted by atomic mass is 10.3. The number of hydrogen-bond donors (Lipinski definition) is 4. The van der Waals surface area contributed by atoms with Gasteiger partial charge >= 0.3 is 6.03 Å². The van der Waals surface area contributed by atoms with Gasteiger partial charge in [-0.25, -0.2) is 14.0 Å². The quantitative estimate of drug-likeness (QED) is 0.0598. The molecule has 1 aromatic carbocycles. The molecule has 1 aromatic rings. The van der Waals surface area contributed by atoms with Crippen LogP contribution in [0.5, 0.6) is 5.75 Å². The van der Waals surface area contributed by atoms with E-state index in [0.717, 1.165) is 6.42 Å². The Hall–Kier alpha value is -2.50. The highest BCUT2D eigenvalue weighted by molar-refractivity contribution is 9.12. The molecule has 0 aliphatic carbocycles.